The minimum Gasteiger partial charge on any atom is -0.387 e. The van der Waals surface area contributed by atoms with Gasteiger partial charge in [0.05, 0.1) is 12.1 Å². The Morgan fingerprint density at radius 1 is 1.38 bits per heavy atom. The van der Waals surface area contributed by atoms with Gasteiger partial charge in [0.1, 0.15) is 5.82 Å². The monoisotopic (exact) mass is 360 g/mol. The van der Waals surface area contributed by atoms with Gasteiger partial charge in [-0.15, -0.1) is 0 Å². The number of aliphatic hydroxyl groups excluding tert-OH is 1. The number of carbonyl (C=O) groups excluding carboxylic acids is 1. The van der Waals surface area contributed by atoms with E-state index >= 15 is 0 Å². The molecule has 26 heavy (non-hydrogen) atoms. The van der Waals surface area contributed by atoms with Crippen LogP contribution in [0.4, 0.5) is 4.39 Å². The first-order valence-electron chi connectivity index (χ1n) is 8.93. The van der Waals surface area contributed by atoms with Crippen LogP contribution >= 0.6 is 0 Å². The van der Waals surface area contributed by atoms with E-state index in [0.29, 0.717) is 5.89 Å². The van der Waals surface area contributed by atoms with Crippen molar-refractivity contribution in [2.45, 2.75) is 43.9 Å². The van der Waals surface area contributed by atoms with Gasteiger partial charge in [0.2, 0.25) is 5.89 Å². The topological polar surface area (TPSA) is 91.5 Å². The molecule has 138 valence electrons. The molecule has 1 aliphatic heterocycles. The van der Waals surface area contributed by atoms with E-state index in [0.717, 1.165) is 32.2 Å². The second-order valence-corrected chi connectivity index (χ2v) is 6.89. The number of aromatic nitrogens is 2. The third-order valence-electron chi connectivity index (χ3n) is 4.88. The maximum Gasteiger partial charge on any atom is 0.292 e. The van der Waals surface area contributed by atoms with E-state index < -0.39 is 11.9 Å². The van der Waals surface area contributed by atoms with Gasteiger partial charge in [0.15, 0.2) is 0 Å². The van der Waals surface area contributed by atoms with Gasteiger partial charge in [0, 0.05) is 18.2 Å². The first kappa shape index (κ1) is 17.1. The molecule has 0 unspecified atom stereocenters. The number of hydrogen-bond acceptors (Lipinski definition) is 6. The average Bonchev–Trinajstić information content (AvgIpc) is 3.11. The summed E-state index contributed by atoms with van der Waals surface area (Å²) < 4.78 is 19.2. The highest BCUT2D eigenvalue weighted by molar-refractivity contribution is 5.90. The lowest BCUT2D eigenvalue weighted by Crippen LogP contribution is -2.29. The van der Waals surface area contributed by atoms with Crippen LogP contribution in [-0.2, 0) is 0 Å². The lowest BCUT2D eigenvalue weighted by molar-refractivity contribution is 0.0937. The summed E-state index contributed by atoms with van der Waals surface area (Å²) in [5.74, 6) is -0.344. The van der Waals surface area contributed by atoms with E-state index in [9.17, 15) is 14.3 Å². The lowest BCUT2D eigenvalue weighted by Gasteiger charge is -2.24. The molecule has 2 N–H and O–H groups in total. The molecule has 2 fully saturated rings. The van der Waals surface area contributed by atoms with Crippen LogP contribution in [0.15, 0.2) is 28.8 Å². The summed E-state index contributed by atoms with van der Waals surface area (Å²) in [5, 5.41) is 17.0. The third kappa shape index (κ3) is 3.61. The van der Waals surface area contributed by atoms with Crippen LogP contribution in [0.5, 0.6) is 0 Å². The van der Waals surface area contributed by atoms with Gasteiger partial charge in [-0.1, -0.05) is 23.4 Å². The number of β-amino-alcohol motifs (C(OH)–C–C–N with tert-alkyl or cyclic N) is 1. The maximum atomic E-state index is 13.9. The number of benzene rings is 1. The molecule has 8 heteroatoms. The van der Waals surface area contributed by atoms with Crippen molar-refractivity contribution < 1.29 is 18.8 Å². The van der Waals surface area contributed by atoms with Crippen molar-refractivity contribution in [1.29, 1.82) is 0 Å². The molecule has 2 heterocycles. The van der Waals surface area contributed by atoms with Crippen LogP contribution in [0.3, 0.4) is 0 Å². The third-order valence-corrected chi connectivity index (χ3v) is 4.88. The second kappa shape index (κ2) is 7.13. The molecule has 2 aromatic rings. The average molecular weight is 360 g/mol. The van der Waals surface area contributed by atoms with Crippen molar-refractivity contribution in [3.05, 3.63) is 47.4 Å². The lowest BCUT2D eigenvalue weighted by atomic mass is 10.1. The summed E-state index contributed by atoms with van der Waals surface area (Å²) >= 11 is 0. The fourth-order valence-corrected chi connectivity index (χ4v) is 3.33. The number of amides is 1. The minimum atomic E-state index is -0.947. The van der Waals surface area contributed by atoms with Gasteiger partial charge < -0.3 is 14.9 Å². The zero-order chi connectivity index (χ0) is 18.1. The summed E-state index contributed by atoms with van der Waals surface area (Å²) in [6, 6.07) is 6.26. The summed E-state index contributed by atoms with van der Waals surface area (Å²) in [7, 11) is 0. The molecule has 0 radical (unpaired) electrons. The second-order valence-electron chi connectivity index (χ2n) is 6.89. The van der Waals surface area contributed by atoms with Crippen molar-refractivity contribution in [3.63, 3.8) is 0 Å². The SMILES string of the molecule is O=C(NC1CC1)c1noc([C@H]2CCCN2C[C@@H](O)c2ccccc2F)n1. The number of rotatable bonds is 6. The van der Waals surface area contributed by atoms with Crippen LogP contribution in [0.1, 0.15) is 59.9 Å². The molecule has 0 bridgehead atoms. The highest BCUT2D eigenvalue weighted by Gasteiger charge is 2.34. The van der Waals surface area contributed by atoms with E-state index in [1.54, 1.807) is 18.2 Å². The van der Waals surface area contributed by atoms with Gasteiger partial charge in [0.25, 0.3) is 11.7 Å². The van der Waals surface area contributed by atoms with Gasteiger partial charge >= 0.3 is 0 Å². The molecular weight excluding hydrogens is 339 g/mol. The largest absolute Gasteiger partial charge is 0.387 e. The molecule has 2 atom stereocenters. The summed E-state index contributed by atoms with van der Waals surface area (Å²) in [4.78, 5) is 18.2. The van der Waals surface area contributed by atoms with Gasteiger partial charge in [-0.05, 0) is 38.3 Å². The van der Waals surface area contributed by atoms with Gasteiger partial charge in [-0.3, -0.25) is 9.69 Å². The van der Waals surface area contributed by atoms with E-state index in [1.165, 1.54) is 6.07 Å². The normalized spacial score (nSPS) is 21.7. The number of carbonyl (C=O) groups is 1. The predicted molar refractivity (Wildman–Crippen MR) is 89.7 cm³/mol. The Bertz CT molecular complexity index is 792. The molecule has 1 saturated heterocycles. The molecule has 1 amide bonds. The van der Waals surface area contributed by atoms with Crippen LogP contribution in [-0.4, -0.2) is 45.2 Å². The maximum absolute atomic E-state index is 13.9. The molecule has 2 aliphatic rings. The molecule has 1 saturated carbocycles. The highest BCUT2D eigenvalue weighted by atomic mass is 19.1. The van der Waals surface area contributed by atoms with Crippen molar-refractivity contribution >= 4 is 5.91 Å². The molecule has 0 spiro atoms. The van der Waals surface area contributed by atoms with Crippen LogP contribution in [0, 0.1) is 5.82 Å². The Balaban J connectivity index is 1.44. The van der Waals surface area contributed by atoms with E-state index in [-0.39, 0.29) is 35.9 Å². The quantitative estimate of drug-likeness (QED) is 0.818. The molecule has 1 aromatic heterocycles. The summed E-state index contributed by atoms with van der Waals surface area (Å²) in [5.41, 5.74) is 0.271. The zero-order valence-electron chi connectivity index (χ0n) is 14.3. The zero-order valence-corrected chi connectivity index (χ0v) is 14.3. The number of nitrogens with one attached hydrogen (secondary N) is 1. The van der Waals surface area contributed by atoms with Crippen LogP contribution in [0.2, 0.25) is 0 Å². The Kier molecular flexibility index (Phi) is 4.69. The molecule has 7 nitrogen and oxygen atoms in total. The van der Waals surface area contributed by atoms with Crippen molar-refractivity contribution in [3.8, 4) is 0 Å². The Morgan fingerprint density at radius 3 is 2.96 bits per heavy atom. The Morgan fingerprint density at radius 2 is 2.19 bits per heavy atom. The number of halogens is 1. The molecule has 1 aliphatic carbocycles. The molecule has 1 aromatic carbocycles. The van der Waals surface area contributed by atoms with Crippen LogP contribution < -0.4 is 5.32 Å². The first-order valence-corrected chi connectivity index (χ1v) is 8.93. The van der Waals surface area contributed by atoms with Crippen LogP contribution in [0.25, 0.3) is 0 Å². The Hall–Kier alpha value is -2.32. The predicted octanol–water partition coefficient (Wildman–Crippen LogP) is 1.97. The fourth-order valence-electron chi connectivity index (χ4n) is 3.33. The number of likely N-dealkylation sites (tertiary alicyclic amines) is 1. The van der Waals surface area contributed by atoms with E-state index in [1.807, 2.05) is 4.90 Å². The van der Waals surface area contributed by atoms with Gasteiger partial charge in [-0.2, -0.15) is 4.98 Å². The molecular formula is C18H21FN4O3. The standard InChI is InChI=1S/C18H21FN4O3/c19-13-5-2-1-4-12(13)15(24)10-23-9-3-6-14(23)18-21-16(22-26-18)17(25)20-11-7-8-11/h1-2,4-5,11,14-15,24H,3,6-10H2,(H,20,25)/t14-,15-/m1/s1. The smallest absolute Gasteiger partial charge is 0.292 e. The number of nitrogens with zero attached hydrogens (tertiary/aromatic N) is 3. The highest BCUT2D eigenvalue weighted by Crippen LogP contribution is 2.33. The minimum absolute atomic E-state index is 0.0356. The van der Waals surface area contributed by atoms with Crippen molar-refractivity contribution in [1.82, 2.24) is 20.4 Å². The summed E-state index contributed by atoms with van der Waals surface area (Å²) in [6.45, 7) is 1.000. The fraction of sp³-hybridized carbons (Fsp3) is 0.500. The Labute approximate surface area is 150 Å². The van der Waals surface area contributed by atoms with E-state index in [2.05, 4.69) is 15.5 Å². The van der Waals surface area contributed by atoms with Crippen molar-refractivity contribution in [2.75, 3.05) is 13.1 Å². The summed E-state index contributed by atoms with van der Waals surface area (Å²) in [6.07, 6.45) is 2.72. The first-order chi connectivity index (χ1) is 12.6. The number of hydrogen-bond donors (Lipinski definition) is 2. The van der Waals surface area contributed by atoms with E-state index in [4.69, 9.17) is 4.52 Å². The van der Waals surface area contributed by atoms with Crippen molar-refractivity contribution in [2.24, 2.45) is 0 Å². The molecule has 4 rings (SSSR count). The van der Waals surface area contributed by atoms with Gasteiger partial charge in [-0.25, -0.2) is 4.39 Å². The number of aliphatic hydroxyl groups is 1.